The van der Waals surface area contributed by atoms with Crippen LogP contribution in [0.1, 0.15) is 17.5 Å². The number of rotatable bonds is 10. The average Bonchev–Trinajstić information content (AvgIpc) is 2.73. The summed E-state index contributed by atoms with van der Waals surface area (Å²) >= 11 is 0. The maximum Gasteiger partial charge on any atom is 0.161 e. The zero-order chi connectivity index (χ0) is 18.7. The van der Waals surface area contributed by atoms with Gasteiger partial charge in [-0.1, -0.05) is 36.4 Å². The van der Waals surface area contributed by atoms with Gasteiger partial charge in [-0.05, 0) is 42.8 Å². The van der Waals surface area contributed by atoms with Crippen molar-refractivity contribution in [2.45, 2.75) is 19.6 Å². The third kappa shape index (κ3) is 6.54. The van der Waals surface area contributed by atoms with Gasteiger partial charge in [0.05, 0.1) is 20.3 Å². The molecule has 146 valence electrons. The molecule has 0 atom stereocenters. The summed E-state index contributed by atoms with van der Waals surface area (Å²) in [5.41, 5.74) is 2.34. The second kappa shape index (κ2) is 10.9. The van der Waals surface area contributed by atoms with E-state index in [1.165, 1.54) is 5.56 Å². The van der Waals surface area contributed by atoms with Gasteiger partial charge in [0.25, 0.3) is 0 Å². The monoisotopic (exact) mass is 370 g/mol. The molecule has 0 bridgehead atoms. The average molecular weight is 370 g/mol. The molecule has 5 heteroatoms. The van der Waals surface area contributed by atoms with Crippen molar-refractivity contribution in [3.63, 3.8) is 0 Å². The quantitative estimate of drug-likeness (QED) is 0.651. The van der Waals surface area contributed by atoms with Gasteiger partial charge in [-0.15, -0.1) is 0 Å². The summed E-state index contributed by atoms with van der Waals surface area (Å²) in [6.45, 7) is 7.34. The zero-order valence-corrected chi connectivity index (χ0v) is 16.2. The van der Waals surface area contributed by atoms with Gasteiger partial charge < -0.3 is 19.5 Å². The molecule has 1 aliphatic heterocycles. The van der Waals surface area contributed by atoms with Crippen molar-refractivity contribution in [1.82, 2.24) is 10.2 Å². The minimum Gasteiger partial charge on any atom is -0.493 e. The SMILES string of the molecule is COc1ccc(CNCCCN2CCOCC2)cc1OCc1ccccc1. The van der Waals surface area contributed by atoms with E-state index in [0.29, 0.717) is 6.61 Å². The van der Waals surface area contributed by atoms with Crippen LogP contribution in [0, 0.1) is 0 Å². The van der Waals surface area contributed by atoms with E-state index in [9.17, 15) is 0 Å². The van der Waals surface area contributed by atoms with Gasteiger partial charge in [0.1, 0.15) is 6.61 Å². The summed E-state index contributed by atoms with van der Waals surface area (Å²) in [6.07, 6.45) is 1.15. The van der Waals surface area contributed by atoms with Gasteiger partial charge in [0, 0.05) is 19.6 Å². The van der Waals surface area contributed by atoms with Crippen molar-refractivity contribution in [3.05, 3.63) is 59.7 Å². The highest BCUT2D eigenvalue weighted by atomic mass is 16.5. The maximum atomic E-state index is 5.99. The molecule has 27 heavy (non-hydrogen) atoms. The smallest absolute Gasteiger partial charge is 0.161 e. The van der Waals surface area contributed by atoms with Gasteiger partial charge in [-0.2, -0.15) is 0 Å². The summed E-state index contributed by atoms with van der Waals surface area (Å²) in [7, 11) is 1.67. The second-order valence-electron chi connectivity index (χ2n) is 6.74. The predicted octanol–water partition coefficient (Wildman–Crippen LogP) is 3.09. The Morgan fingerprint density at radius 3 is 2.59 bits per heavy atom. The Hall–Kier alpha value is -2.08. The molecule has 0 unspecified atom stereocenters. The topological polar surface area (TPSA) is 43.0 Å². The van der Waals surface area contributed by atoms with E-state index in [4.69, 9.17) is 14.2 Å². The molecule has 1 fully saturated rings. The lowest BCUT2D eigenvalue weighted by atomic mass is 10.2. The lowest BCUT2D eigenvalue weighted by Gasteiger charge is -2.26. The standard InChI is InChI=1S/C22H30N2O3/c1-25-21-9-8-20(16-22(21)27-18-19-6-3-2-4-7-19)17-23-10-5-11-24-12-14-26-15-13-24/h2-4,6-9,16,23H,5,10-15,17-18H2,1H3. The van der Waals surface area contributed by atoms with Crippen molar-refractivity contribution in [1.29, 1.82) is 0 Å². The highest BCUT2D eigenvalue weighted by Crippen LogP contribution is 2.28. The summed E-state index contributed by atoms with van der Waals surface area (Å²) in [5, 5.41) is 3.53. The number of ether oxygens (including phenoxy) is 3. The number of hydrogen-bond acceptors (Lipinski definition) is 5. The first-order chi connectivity index (χ1) is 13.3. The maximum absolute atomic E-state index is 5.99. The molecule has 2 aromatic rings. The molecule has 2 aromatic carbocycles. The zero-order valence-electron chi connectivity index (χ0n) is 16.2. The van der Waals surface area contributed by atoms with Crippen molar-refractivity contribution in [2.24, 2.45) is 0 Å². The Morgan fingerprint density at radius 1 is 1.00 bits per heavy atom. The highest BCUT2D eigenvalue weighted by molar-refractivity contribution is 5.43. The number of morpholine rings is 1. The Kier molecular flexibility index (Phi) is 7.96. The number of methoxy groups -OCH3 is 1. The molecule has 0 amide bonds. The van der Waals surface area contributed by atoms with Crippen LogP contribution in [-0.2, 0) is 17.9 Å². The fraction of sp³-hybridized carbons (Fsp3) is 0.455. The summed E-state index contributed by atoms with van der Waals surface area (Å²) < 4.78 is 16.8. The van der Waals surface area contributed by atoms with E-state index in [-0.39, 0.29) is 0 Å². The summed E-state index contributed by atoms with van der Waals surface area (Å²) in [6, 6.07) is 16.3. The normalized spacial score (nSPS) is 14.9. The Morgan fingerprint density at radius 2 is 1.81 bits per heavy atom. The van der Waals surface area contributed by atoms with Crippen LogP contribution in [0.4, 0.5) is 0 Å². The third-order valence-electron chi connectivity index (χ3n) is 4.73. The molecule has 0 saturated carbocycles. The van der Waals surface area contributed by atoms with Crippen LogP contribution < -0.4 is 14.8 Å². The minimum absolute atomic E-state index is 0.535. The number of benzene rings is 2. The number of nitrogens with zero attached hydrogens (tertiary/aromatic N) is 1. The second-order valence-corrected chi connectivity index (χ2v) is 6.74. The Bertz CT molecular complexity index is 673. The first kappa shape index (κ1) is 19.7. The van der Waals surface area contributed by atoms with Crippen LogP contribution in [0.2, 0.25) is 0 Å². The molecule has 1 aliphatic rings. The van der Waals surface area contributed by atoms with Crippen molar-refractivity contribution in [3.8, 4) is 11.5 Å². The van der Waals surface area contributed by atoms with Gasteiger partial charge in [-0.25, -0.2) is 0 Å². The summed E-state index contributed by atoms with van der Waals surface area (Å²) in [5.74, 6) is 1.55. The fourth-order valence-electron chi connectivity index (χ4n) is 3.16. The Balaban J connectivity index is 1.44. The van der Waals surface area contributed by atoms with E-state index in [1.807, 2.05) is 24.3 Å². The largest absolute Gasteiger partial charge is 0.493 e. The van der Waals surface area contributed by atoms with E-state index in [2.05, 4.69) is 34.5 Å². The van der Waals surface area contributed by atoms with Gasteiger partial charge >= 0.3 is 0 Å². The Labute approximate surface area is 162 Å². The molecule has 0 spiro atoms. The van der Waals surface area contributed by atoms with Gasteiger partial charge in [0.15, 0.2) is 11.5 Å². The van der Waals surface area contributed by atoms with Crippen LogP contribution in [0.15, 0.2) is 48.5 Å². The molecule has 0 aliphatic carbocycles. The fourth-order valence-corrected chi connectivity index (χ4v) is 3.16. The lowest BCUT2D eigenvalue weighted by molar-refractivity contribution is 0.0374. The van der Waals surface area contributed by atoms with Crippen LogP contribution in [0.5, 0.6) is 11.5 Å². The van der Waals surface area contributed by atoms with E-state index >= 15 is 0 Å². The third-order valence-corrected chi connectivity index (χ3v) is 4.73. The molecule has 1 saturated heterocycles. The lowest BCUT2D eigenvalue weighted by Crippen LogP contribution is -2.37. The molecule has 5 nitrogen and oxygen atoms in total. The molecule has 3 rings (SSSR count). The minimum atomic E-state index is 0.535. The number of hydrogen-bond donors (Lipinski definition) is 1. The first-order valence-corrected chi connectivity index (χ1v) is 9.69. The number of nitrogens with one attached hydrogen (secondary N) is 1. The van der Waals surface area contributed by atoms with Crippen LogP contribution in [0.3, 0.4) is 0 Å². The molecule has 1 heterocycles. The predicted molar refractivity (Wildman–Crippen MR) is 107 cm³/mol. The summed E-state index contributed by atoms with van der Waals surface area (Å²) in [4.78, 5) is 2.47. The van der Waals surface area contributed by atoms with Crippen LogP contribution in [0.25, 0.3) is 0 Å². The van der Waals surface area contributed by atoms with Crippen molar-refractivity contribution >= 4 is 0 Å². The van der Waals surface area contributed by atoms with E-state index in [1.54, 1.807) is 7.11 Å². The molecular weight excluding hydrogens is 340 g/mol. The molecule has 1 N–H and O–H groups in total. The first-order valence-electron chi connectivity index (χ1n) is 9.69. The van der Waals surface area contributed by atoms with Crippen molar-refractivity contribution < 1.29 is 14.2 Å². The molecular formula is C22H30N2O3. The van der Waals surface area contributed by atoms with Gasteiger partial charge in [-0.3, -0.25) is 4.90 Å². The van der Waals surface area contributed by atoms with Crippen LogP contribution >= 0.6 is 0 Å². The van der Waals surface area contributed by atoms with Crippen molar-refractivity contribution in [2.75, 3.05) is 46.5 Å². The molecule has 0 aromatic heterocycles. The van der Waals surface area contributed by atoms with Crippen LogP contribution in [-0.4, -0.2) is 51.4 Å². The molecule has 0 radical (unpaired) electrons. The highest BCUT2D eigenvalue weighted by Gasteiger charge is 2.09. The van der Waals surface area contributed by atoms with E-state index in [0.717, 1.165) is 69.4 Å². The van der Waals surface area contributed by atoms with Gasteiger partial charge in [0.2, 0.25) is 0 Å². The van der Waals surface area contributed by atoms with E-state index < -0.39 is 0 Å².